The third-order valence-corrected chi connectivity index (χ3v) is 3.35. The Labute approximate surface area is 95.0 Å². The van der Waals surface area contributed by atoms with Gasteiger partial charge in [-0.2, -0.15) is 0 Å². The largest absolute Gasteiger partial charge is 0.351 e. The summed E-state index contributed by atoms with van der Waals surface area (Å²) < 4.78 is 0. The minimum absolute atomic E-state index is 0.0321. The van der Waals surface area contributed by atoms with Gasteiger partial charge < -0.3 is 5.32 Å². The van der Waals surface area contributed by atoms with Gasteiger partial charge in [0.25, 0.3) is 5.91 Å². The summed E-state index contributed by atoms with van der Waals surface area (Å²) in [6, 6.07) is 1.99. The summed E-state index contributed by atoms with van der Waals surface area (Å²) in [7, 11) is 0. The molecular weight excluding hydrogens is 206 g/mol. The molecule has 1 amide bonds. The molecule has 82 valence electrons. The van der Waals surface area contributed by atoms with Crippen LogP contribution in [0.2, 0.25) is 0 Å². The van der Waals surface area contributed by atoms with Crippen molar-refractivity contribution in [1.82, 2.24) is 5.32 Å². The SMILES string of the molecule is C=CCCNC(=O)c1cc(CC)c(C)s1. The van der Waals surface area contributed by atoms with E-state index < -0.39 is 0 Å². The van der Waals surface area contributed by atoms with E-state index in [4.69, 9.17) is 0 Å². The number of carbonyl (C=O) groups is 1. The van der Waals surface area contributed by atoms with E-state index in [1.54, 1.807) is 17.4 Å². The van der Waals surface area contributed by atoms with E-state index in [1.807, 2.05) is 6.07 Å². The first-order valence-electron chi connectivity index (χ1n) is 5.17. The number of hydrogen-bond acceptors (Lipinski definition) is 2. The Morgan fingerprint density at radius 3 is 2.93 bits per heavy atom. The number of hydrogen-bond donors (Lipinski definition) is 1. The Balaban J connectivity index is 2.61. The van der Waals surface area contributed by atoms with Gasteiger partial charge in [0.15, 0.2) is 0 Å². The van der Waals surface area contributed by atoms with Crippen LogP contribution in [0.15, 0.2) is 18.7 Å². The lowest BCUT2D eigenvalue weighted by Crippen LogP contribution is -2.23. The third kappa shape index (κ3) is 3.20. The van der Waals surface area contributed by atoms with Crippen molar-refractivity contribution in [3.8, 4) is 0 Å². The summed E-state index contributed by atoms with van der Waals surface area (Å²) in [5.41, 5.74) is 1.27. The molecule has 0 aliphatic rings. The number of amides is 1. The van der Waals surface area contributed by atoms with Crippen LogP contribution in [0.4, 0.5) is 0 Å². The van der Waals surface area contributed by atoms with E-state index in [2.05, 4.69) is 25.7 Å². The second kappa shape index (κ2) is 5.71. The summed E-state index contributed by atoms with van der Waals surface area (Å²) in [5.74, 6) is 0.0321. The van der Waals surface area contributed by atoms with Gasteiger partial charge in [-0.05, 0) is 31.4 Å². The predicted octanol–water partition coefficient (Wildman–Crippen LogP) is 2.92. The van der Waals surface area contributed by atoms with Gasteiger partial charge in [-0.15, -0.1) is 17.9 Å². The molecule has 0 saturated heterocycles. The molecule has 3 heteroatoms. The number of rotatable bonds is 5. The smallest absolute Gasteiger partial charge is 0.261 e. The maximum absolute atomic E-state index is 11.7. The quantitative estimate of drug-likeness (QED) is 0.603. The van der Waals surface area contributed by atoms with Gasteiger partial charge in [-0.3, -0.25) is 4.79 Å². The van der Waals surface area contributed by atoms with Gasteiger partial charge in [0.1, 0.15) is 0 Å². The van der Waals surface area contributed by atoms with Gasteiger partial charge in [0.05, 0.1) is 4.88 Å². The lowest BCUT2D eigenvalue weighted by atomic mass is 10.2. The zero-order chi connectivity index (χ0) is 11.3. The Kier molecular flexibility index (Phi) is 4.56. The molecule has 1 heterocycles. The summed E-state index contributed by atoms with van der Waals surface area (Å²) in [5, 5.41) is 2.86. The van der Waals surface area contributed by atoms with E-state index in [0.29, 0.717) is 6.54 Å². The average molecular weight is 223 g/mol. The minimum atomic E-state index is 0.0321. The molecule has 0 unspecified atom stereocenters. The average Bonchev–Trinajstić information content (AvgIpc) is 2.60. The Bertz CT molecular complexity index is 355. The summed E-state index contributed by atoms with van der Waals surface area (Å²) in [6.45, 7) is 8.45. The van der Waals surface area contributed by atoms with Crippen LogP contribution in [0.3, 0.4) is 0 Å². The monoisotopic (exact) mass is 223 g/mol. The molecule has 0 aromatic carbocycles. The predicted molar refractivity (Wildman–Crippen MR) is 65.6 cm³/mol. The normalized spacial score (nSPS) is 10.0. The van der Waals surface area contributed by atoms with Crippen molar-refractivity contribution in [3.63, 3.8) is 0 Å². The van der Waals surface area contributed by atoms with Gasteiger partial charge in [-0.1, -0.05) is 13.0 Å². The third-order valence-electron chi connectivity index (χ3n) is 2.26. The fourth-order valence-corrected chi connectivity index (χ4v) is 2.39. The molecule has 0 saturated carbocycles. The van der Waals surface area contributed by atoms with Crippen LogP contribution in [0.1, 0.15) is 33.5 Å². The fraction of sp³-hybridized carbons (Fsp3) is 0.417. The second-order valence-corrected chi connectivity index (χ2v) is 4.64. The zero-order valence-electron chi connectivity index (χ0n) is 9.30. The standard InChI is InChI=1S/C12H17NOS/c1-4-6-7-13-12(14)11-8-10(5-2)9(3)15-11/h4,8H,1,5-7H2,2-3H3,(H,13,14). The van der Waals surface area contributed by atoms with Gasteiger partial charge >= 0.3 is 0 Å². The van der Waals surface area contributed by atoms with Crippen LogP contribution < -0.4 is 5.32 Å². The molecule has 0 atom stereocenters. The van der Waals surface area contributed by atoms with E-state index in [0.717, 1.165) is 17.7 Å². The molecule has 15 heavy (non-hydrogen) atoms. The van der Waals surface area contributed by atoms with Crippen LogP contribution in [0.5, 0.6) is 0 Å². The second-order valence-electron chi connectivity index (χ2n) is 3.38. The van der Waals surface area contributed by atoms with Crippen molar-refractivity contribution < 1.29 is 4.79 Å². The maximum atomic E-state index is 11.7. The molecule has 0 aliphatic heterocycles. The van der Waals surface area contributed by atoms with Crippen molar-refractivity contribution in [2.24, 2.45) is 0 Å². The maximum Gasteiger partial charge on any atom is 0.261 e. The molecule has 0 bridgehead atoms. The first-order chi connectivity index (χ1) is 7.19. The molecule has 0 fully saturated rings. The minimum Gasteiger partial charge on any atom is -0.351 e. The molecule has 1 aromatic heterocycles. The molecule has 1 rings (SSSR count). The van der Waals surface area contributed by atoms with E-state index in [-0.39, 0.29) is 5.91 Å². The highest BCUT2D eigenvalue weighted by molar-refractivity contribution is 7.14. The van der Waals surface area contributed by atoms with Crippen molar-refractivity contribution in [2.45, 2.75) is 26.7 Å². The van der Waals surface area contributed by atoms with E-state index in [9.17, 15) is 4.79 Å². The van der Waals surface area contributed by atoms with Crippen molar-refractivity contribution in [2.75, 3.05) is 6.54 Å². The van der Waals surface area contributed by atoms with Crippen molar-refractivity contribution >= 4 is 17.2 Å². The summed E-state index contributed by atoms with van der Waals surface area (Å²) in [4.78, 5) is 13.7. The van der Waals surface area contributed by atoms with E-state index >= 15 is 0 Å². The van der Waals surface area contributed by atoms with E-state index in [1.165, 1.54) is 10.4 Å². The van der Waals surface area contributed by atoms with Crippen LogP contribution in [0, 0.1) is 6.92 Å². The van der Waals surface area contributed by atoms with Gasteiger partial charge in [0.2, 0.25) is 0 Å². The first kappa shape index (κ1) is 12.0. The number of carbonyl (C=O) groups excluding carboxylic acids is 1. The van der Waals surface area contributed by atoms with Crippen molar-refractivity contribution in [3.05, 3.63) is 34.0 Å². The fourth-order valence-electron chi connectivity index (χ4n) is 1.36. The highest BCUT2D eigenvalue weighted by Crippen LogP contribution is 2.21. The van der Waals surface area contributed by atoms with Crippen molar-refractivity contribution in [1.29, 1.82) is 0 Å². The van der Waals surface area contributed by atoms with Gasteiger partial charge in [-0.25, -0.2) is 0 Å². The Hall–Kier alpha value is -1.09. The molecule has 0 spiro atoms. The van der Waals surface area contributed by atoms with Gasteiger partial charge in [0, 0.05) is 11.4 Å². The molecule has 1 aromatic rings. The van der Waals surface area contributed by atoms with Crippen LogP contribution in [-0.2, 0) is 6.42 Å². The highest BCUT2D eigenvalue weighted by Gasteiger charge is 2.10. The van der Waals surface area contributed by atoms with Crippen LogP contribution in [-0.4, -0.2) is 12.5 Å². The molecular formula is C12H17NOS. The molecule has 0 aliphatic carbocycles. The first-order valence-corrected chi connectivity index (χ1v) is 5.99. The number of nitrogens with one attached hydrogen (secondary N) is 1. The highest BCUT2D eigenvalue weighted by atomic mass is 32.1. The summed E-state index contributed by atoms with van der Waals surface area (Å²) in [6.07, 6.45) is 3.61. The summed E-state index contributed by atoms with van der Waals surface area (Å²) >= 11 is 1.57. The zero-order valence-corrected chi connectivity index (χ0v) is 10.1. The Morgan fingerprint density at radius 2 is 2.40 bits per heavy atom. The lowest BCUT2D eigenvalue weighted by molar-refractivity contribution is 0.0958. The van der Waals surface area contributed by atoms with Crippen LogP contribution >= 0.6 is 11.3 Å². The lowest BCUT2D eigenvalue weighted by Gasteiger charge is -1.99. The number of thiophene rings is 1. The molecule has 2 nitrogen and oxygen atoms in total. The van der Waals surface area contributed by atoms with Crippen LogP contribution in [0.25, 0.3) is 0 Å². The topological polar surface area (TPSA) is 29.1 Å². The molecule has 1 N–H and O–H groups in total. The Morgan fingerprint density at radius 1 is 1.67 bits per heavy atom. The number of aryl methyl sites for hydroxylation is 2. The molecule has 0 radical (unpaired) electrons.